The Hall–Kier alpha value is -0.770. The van der Waals surface area contributed by atoms with Gasteiger partial charge >= 0.3 is 6.09 Å². The minimum absolute atomic E-state index is 0.181. The molecule has 100 valence electrons. The molecule has 0 saturated carbocycles. The molecule has 1 fully saturated rings. The van der Waals surface area contributed by atoms with Crippen molar-refractivity contribution >= 4 is 6.09 Å². The predicted molar refractivity (Wildman–Crippen MR) is 69.1 cm³/mol. The molecule has 1 atom stereocenters. The Labute approximate surface area is 105 Å². The summed E-state index contributed by atoms with van der Waals surface area (Å²) >= 11 is 0. The molecule has 0 aromatic heterocycles. The Kier molecular flexibility index (Phi) is 4.80. The van der Waals surface area contributed by atoms with Crippen LogP contribution in [0.25, 0.3) is 0 Å². The number of ether oxygens (including phenoxy) is 1. The van der Waals surface area contributed by atoms with Crippen LogP contribution >= 0.6 is 0 Å². The summed E-state index contributed by atoms with van der Waals surface area (Å²) < 4.78 is 5.47. The van der Waals surface area contributed by atoms with Crippen LogP contribution < -0.4 is 5.32 Å². The number of rotatable bonds is 1. The molecule has 4 nitrogen and oxygen atoms in total. The number of hydrogen-bond donors (Lipinski definition) is 1. The van der Waals surface area contributed by atoms with Crippen LogP contribution in [0.4, 0.5) is 4.79 Å². The molecule has 0 bridgehead atoms. The van der Waals surface area contributed by atoms with Gasteiger partial charge in [0.1, 0.15) is 5.60 Å². The molecule has 1 aliphatic rings. The fourth-order valence-electron chi connectivity index (χ4n) is 2.04. The van der Waals surface area contributed by atoms with Crippen molar-refractivity contribution in [3.8, 4) is 0 Å². The van der Waals surface area contributed by atoms with Gasteiger partial charge in [0.15, 0.2) is 0 Å². The lowest BCUT2D eigenvalue weighted by atomic mass is 10.0. The van der Waals surface area contributed by atoms with E-state index in [9.17, 15) is 4.79 Å². The highest BCUT2D eigenvalue weighted by atomic mass is 16.6. The average molecular weight is 242 g/mol. The maximum atomic E-state index is 12.2. The number of hydrogen-bond acceptors (Lipinski definition) is 3. The minimum Gasteiger partial charge on any atom is -0.444 e. The molecule has 1 heterocycles. The number of carbonyl (C=O) groups is 1. The second kappa shape index (κ2) is 5.71. The highest BCUT2D eigenvalue weighted by Gasteiger charge is 2.30. The highest BCUT2D eigenvalue weighted by molar-refractivity contribution is 5.68. The summed E-state index contributed by atoms with van der Waals surface area (Å²) in [6.45, 7) is 12.6. The maximum Gasteiger partial charge on any atom is 0.410 e. The van der Waals surface area contributed by atoms with Crippen molar-refractivity contribution in [1.29, 1.82) is 0 Å². The van der Waals surface area contributed by atoms with Crippen molar-refractivity contribution in [2.75, 3.05) is 19.6 Å². The van der Waals surface area contributed by atoms with Crippen molar-refractivity contribution < 1.29 is 9.53 Å². The second-order valence-corrected chi connectivity index (χ2v) is 6.04. The third-order valence-corrected chi connectivity index (χ3v) is 2.90. The zero-order chi connectivity index (χ0) is 13.1. The molecule has 0 spiro atoms. The molecule has 1 aliphatic heterocycles. The van der Waals surface area contributed by atoms with E-state index in [1.54, 1.807) is 0 Å². The molecule has 17 heavy (non-hydrogen) atoms. The quantitative estimate of drug-likeness (QED) is 0.766. The van der Waals surface area contributed by atoms with Gasteiger partial charge in [-0.25, -0.2) is 4.79 Å². The van der Waals surface area contributed by atoms with Gasteiger partial charge in [0.05, 0.1) is 0 Å². The second-order valence-electron chi connectivity index (χ2n) is 6.04. The predicted octanol–water partition coefficient (Wildman–Crippen LogP) is 2.24. The summed E-state index contributed by atoms with van der Waals surface area (Å²) in [5.74, 6) is 0.438. The topological polar surface area (TPSA) is 41.6 Å². The Balaban J connectivity index is 2.72. The zero-order valence-corrected chi connectivity index (χ0v) is 11.7. The van der Waals surface area contributed by atoms with Gasteiger partial charge in [-0.1, -0.05) is 13.8 Å². The first kappa shape index (κ1) is 14.3. The molecule has 0 radical (unpaired) electrons. The summed E-state index contributed by atoms with van der Waals surface area (Å²) in [7, 11) is 0. The molecule has 1 amide bonds. The van der Waals surface area contributed by atoms with Crippen LogP contribution in [0.5, 0.6) is 0 Å². The van der Waals surface area contributed by atoms with Gasteiger partial charge in [-0.3, -0.25) is 0 Å². The third kappa shape index (κ3) is 4.54. The molecular weight excluding hydrogens is 216 g/mol. The van der Waals surface area contributed by atoms with Crippen molar-refractivity contribution in [1.82, 2.24) is 10.2 Å². The van der Waals surface area contributed by atoms with Gasteiger partial charge in [0.2, 0.25) is 0 Å². The van der Waals surface area contributed by atoms with E-state index in [1.165, 1.54) is 0 Å². The first-order valence-electron chi connectivity index (χ1n) is 6.51. The molecular formula is C13H26N2O2. The summed E-state index contributed by atoms with van der Waals surface area (Å²) in [6, 6.07) is 0.229. The SMILES string of the molecule is CC(C)[C@H]1CNCCCN1C(=O)OC(C)(C)C. The van der Waals surface area contributed by atoms with Crippen LogP contribution in [0.1, 0.15) is 41.0 Å². The first-order chi connectivity index (χ1) is 7.81. The van der Waals surface area contributed by atoms with E-state index in [4.69, 9.17) is 4.74 Å². The van der Waals surface area contributed by atoms with Crippen LogP contribution in [0.3, 0.4) is 0 Å². The van der Waals surface area contributed by atoms with Crippen molar-refractivity contribution in [2.45, 2.75) is 52.7 Å². The Morgan fingerprint density at radius 2 is 2.06 bits per heavy atom. The molecule has 0 aliphatic carbocycles. The summed E-state index contributed by atoms with van der Waals surface area (Å²) in [5, 5.41) is 3.38. The Bertz CT molecular complexity index is 259. The molecule has 0 aromatic rings. The summed E-state index contributed by atoms with van der Waals surface area (Å²) in [4.78, 5) is 14.0. The molecule has 4 heteroatoms. The van der Waals surface area contributed by atoms with E-state index in [0.29, 0.717) is 5.92 Å². The Morgan fingerprint density at radius 1 is 1.41 bits per heavy atom. The van der Waals surface area contributed by atoms with Gasteiger partial charge in [-0.2, -0.15) is 0 Å². The monoisotopic (exact) mass is 242 g/mol. The lowest BCUT2D eigenvalue weighted by molar-refractivity contribution is 0.0132. The molecule has 1 rings (SSSR count). The van der Waals surface area contributed by atoms with Crippen LogP contribution in [0, 0.1) is 5.92 Å². The number of nitrogens with zero attached hydrogens (tertiary/aromatic N) is 1. The van der Waals surface area contributed by atoms with Crippen molar-refractivity contribution in [3.63, 3.8) is 0 Å². The average Bonchev–Trinajstić information content (AvgIpc) is 2.39. The van der Waals surface area contributed by atoms with Gasteiger partial charge < -0.3 is 15.0 Å². The van der Waals surface area contributed by atoms with Crippen molar-refractivity contribution in [2.24, 2.45) is 5.92 Å². The number of carbonyl (C=O) groups excluding carboxylic acids is 1. The third-order valence-electron chi connectivity index (χ3n) is 2.90. The maximum absolute atomic E-state index is 12.2. The largest absolute Gasteiger partial charge is 0.444 e. The van der Waals surface area contributed by atoms with E-state index >= 15 is 0 Å². The lowest BCUT2D eigenvalue weighted by Crippen LogP contribution is -2.48. The van der Waals surface area contributed by atoms with E-state index in [0.717, 1.165) is 26.1 Å². The van der Waals surface area contributed by atoms with Gasteiger partial charge in [0.25, 0.3) is 0 Å². The van der Waals surface area contributed by atoms with E-state index in [-0.39, 0.29) is 12.1 Å². The minimum atomic E-state index is -0.418. The van der Waals surface area contributed by atoms with Gasteiger partial charge in [-0.05, 0) is 39.7 Å². The molecule has 0 unspecified atom stereocenters. The van der Waals surface area contributed by atoms with Crippen LogP contribution in [0.15, 0.2) is 0 Å². The van der Waals surface area contributed by atoms with Gasteiger partial charge in [-0.15, -0.1) is 0 Å². The van der Waals surface area contributed by atoms with Crippen molar-refractivity contribution in [3.05, 3.63) is 0 Å². The van der Waals surface area contributed by atoms with E-state index < -0.39 is 5.60 Å². The molecule has 1 N–H and O–H groups in total. The fourth-order valence-corrected chi connectivity index (χ4v) is 2.04. The van der Waals surface area contributed by atoms with Crippen LogP contribution in [-0.2, 0) is 4.74 Å². The summed E-state index contributed by atoms with van der Waals surface area (Å²) in [5.41, 5.74) is -0.418. The highest BCUT2D eigenvalue weighted by Crippen LogP contribution is 2.17. The fraction of sp³-hybridized carbons (Fsp3) is 0.923. The first-order valence-corrected chi connectivity index (χ1v) is 6.51. The van der Waals surface area contributed by atoms with Crippen LogP contribution in [-0.4, -0.2) is 42.3 Å². The molecule has 0 aromatic carbocycles. The van der Waals surface area contributed by atoms with E-state index in [2.05, 4.69) is 19.2 Å². The van der Waals surface area contributed by atoms with E-state index in [1.807, 2.05) is 25.7 Å². The number of amides is 1. The van der Waals surface area contributed by atoms with Crippen LogP contribution in [0.2, 0.25) is 0 Å². The standard InChI is InChI=1S/C13H26N2O2/c1-10(2)11-9-14-7-6-8-15(11)12(16)17-13(3,4)5/h10-11,14H,6-9H2,1-5H3/t11-/m1/s1. The molecule has 1 saturated heterocycles. The summed E-state index contributed by atoms with van der Waals surface area (Å²) in [6.07, 6.45) is 0.808. The smallest absolute Gasteiger partial charge is 0.410 e. The number of nitrogens with one attached hydrogen (secondary N) is 1. The Morgan fingerprint density at radius 3 is 2.59 bits per heavy atom. The normalized spacial score (nSPS) is 22.5. The lowest BCUT2D eigenvalue weighted by Gasteiger charge is -2.34. The zero-order valence-electron chi connectivity index (χ0n) is 11.7. The van der Waals surface area contributed by atoms with Gasteiger partial charge in [0, 0.05) is 19.1 Å².